The summed E-state index contributed by atoms with van der Waals surface area (Å²) in [5.74, 6) is 0. The molecule has 10 aromatic rings. The van der Waals surface area contributed by atoms with Crippen molar-refractivity contribution >= 4 is 54.5 Å². The third-order valence-electron chi connectivity index (χ3n) is 9.75. The number of para-hydroxylation sites is 2. The number of benzene rings is 8. The van der Waals surface area contributed by atoms with Crippen LogP contribution < -0.4 is 0 Å². The normalized spacial score (nSPS) is 11.7. The van der Waals surface area contributed by atoms with Crippen LogP contribution in [0.25, 0.3) is 99.0 Å². The van der Waals surface area contributed by atoms with E-state index in [4.69, 9.17) is 14.4 Å². The Balaban J connectivity index is 1.04. The molecule has 0 N–H and O–H groups in total. The fourth-order valence-corrected chi connectivity index (χ4v) is 7.41. The summed E-state index contributed by atoms with van der Waals surface area (Å²) in [7, 11) is 0. The molecule has 2 aromatic heterocycles. The highest BCUT2D eigenvalue weighted by molar-refractivity contribution is 6.23. The summed E-state index contributed by atoms with van der Waals surface area (Å²) in [4.78, 5) is 9.51. The average molecular weight is 625 g/mol. The minimum atomic E-state index is 0.912. The van der Waals surface area contributed by atoms with Crippen molar-refractivity contribution in [3.8, 4) is 44.5 Å². The third-order valence-corrected chi connectivity index (χ3v) is 9.75. The topological polar surface area (TPSA) is 38.9 Å². The van der Waals surface area contributed by atoms with Gasteiger partial charge in [-0.2, -0.15) is 0 Å². The zero-order chi connectivity index (χ0) is 32.3. The fraction of sp³-hybridized carbons (Fsp3) is 0. The molecule has 0 saturated heterocycles. The Labute approximate surface area is 282 Å². The van der Waals surface area contributed by atoms with Crippen LogP contribution in [0.15, 0.2) is 175 Å². The first-order chi connectivity index (χ1) is 24.3. The van der Waals surface area contributed by atoms with E-state index in [2.05, 4.69) is 146 Å². The summed E-state index contributed by atoms with van der Waals surface area (Å²) in [6.45, 7) is 0. The van der Waals surface area contributed by atoms with Crippen molar-refractivity contribution < 1.29 is 4.42 Å². The molecule has 0 aliphatic carbocycles. The van der Waals surface area contributed by atoms with Gasteiger partial charge < -0.3 is 4.42 Å². The monoisotopic (exact) mass is 624 g/mol. The van der Waals surface area contributed by atoms with Gasteiger partial charge in [-0.15, -0.1) is 0 Å². The SMILES string of the molecule is c1cc(-c2cccc(-c3ccc4c5ccccc5c5nccnc5c4c3)c2)cc(-c2cccc(-c3cccc4c3oc3ccccc34)c2)c1. The van der Waals surface area contributed by atoms with E-state index < -0.39 is 0 Å². The summed E-state index contributed by atoms with van der Waals surface area (Å²) in [6, 6.07) is 56.2. The molecule has 10 rings (SSSR count). The molecule has 49 heavy (non-hydrogen) atoms. The zero-order valence-electron chi connectivity index (χ0n) is 26.5. The van der Waals surface area contributed by atoms with Crippen molar-refractivity contribution in [1.82, 2.24) is 9.97 Å². The molecule has 0 saturated carbocycles. The maximum atomic E-state index is 6.37. The highest BCUT2D eigenvalue weighted by atomic mass is 16.3. The Hall–Kier alpha value is -6.58. The maximum Gasteiger partial charge on any atom is 0.143 e. The average Bonchev–Trinajstić information content (AvgIpc) is 3.57. The van der Waals surface area contributed by atoms with Crippen molar-refractivity contribution in [2.75, 3.05) is 0 Å². The first-order valence-electron chi connectivity index (χ1n) is 16.6. The van der Waals surface area contributed by atoms with E-state index in [0.717, 1.165) is 66.0 Å². The van der Waals surface area contributed by atoms with Crippen LogP contribution in [0.4, 0.5) is 0 Å². The summed E-state index contributed by atoms with van der Waals surface area (Å²) >= 11 is 0. The van der Waals surface area contributed by atoms with Gasteiger partial charge in [0.25, 0.3) is 0 Å². The van der Waals surface area contributed by atoms with Crippen molar-refractivity contribution in [2.45, 2.75) is 0 Å². The number of furan rings is 1. The molecular weight excluding hydrogens is 597 g/mol. The molecule has 3 nitrogen and oxygen atoms in total. The summed E-state index contributed by atoms with van der Waals surface area (Å²) in [6.07, 6.45) is 3.56. The van der Waals surface area contributed by atoms with Crippen molar-refractivity contribution in [2.24, 2.45) is 0 Å². The minimum absolute atomic E-state index is 0.912. The van der Waals surface area contributed by atoms with Crippen LogP contribution in [0.3, 0.4) is 0 Å². The van der Waals surface area contributed by atoms with Crippen molar-refractivity contribution in [3.63, 3.8) is 0 Å². The Morgan fingerprint density at radius 3 is 1.51 bits per heavy atom. The highest BCUT2D eigenvalue weighted by Crippen LogP contribution is 2.39. The van der Waals surface area contributed by atoms with Crippen LogP contribution in [0.1, 0.15) is 0 Å². The number of hydrogen-bond donors (Lipinski definition) is 0. The minimum Gasteiger partial charge on any atom is -0.455 e. The van der Waals surface area contributed by atoms with Crippen molar-refractivity contribution in [1.29, 1.82) is 0 Å². The predicted octanol–water partition coefficient (Wildman–Crippen LogP) is 12.5. The molecule has 3 heteroatoms. The molecule has 0 bridgehead atoms. The van der Waals surface area contributed by atoms with Crippen LogP contribution in [0.5, 0.6) is 0 Å². The molecule has 0 spiro atoms. The number of aromatic nitrogens is 2. The largest absolute Gasteiger partial charge is 0.455 e. The van der Waals surface area contributed by atoms with Crippen LogP contribution in [0, 0.1) is 0 Å². The van der Waals surface area contributed by atoms with E-state index in [9.17, 15) is 0 Å². The van der Waals surface area contributed by atoms with Crippen LogP contribution >= 0.6 is 0 Å². The molecule has 0 amide bonds. The molecule has 228 valence electrons. The summed E-state index contributed by atoms with van der Waals surface area (Å²) < 4.78 is 6.37. The lowest BCUT2D eigenvalue weighted by Crippen LogP contribution is -1.89. The van der Waals surface area contributed by atoms with Gasteiger partial charge in [0.2, 0.25) is 0 Å². The van der Waals surface area contributed by atoms with Gasteiger partial charge in [-0.1, -0.05) is 127 Å². The fourth-order valence-electron chi connectivity index (χ4n) is 7.41. The second-order valence-corrected chi connectivity index (χ2v) is 12.6. The van der Waals surface area contributed by atoms with Crippen molar-refractivity contribution in [3.05, 3.63) is 170 Å². The molecule has 0 atom stereocenters. The lowest BCUT2D eigenvalue weighted by Gasteiger charge is -2.12. The van der Waals surface area contributed by atoms with Crippen LogP contribution in [-0.4, -0.2) is 9.97 Å². The number of rotatable bonds is 4. The Bertz CT molecular complexity index is 2870. The molecule has 2 heterocycles. The van der Waals surface area contributed by atoms with E-state index in [1.54, 1.807) is 12.4 Å². The van der Waals surface area contributed by atoms with E-state index in [0.29, 0.717) is 0 Å². The molecule has 8 aromatic carbocycles. The van der Waals surface area contributed by atoms with Gasteiger partial charge in [0.05, 0.1) is 11.0 Å². The molecular formula is C46H28N2O. The van der Waals surface area contributed by atoms with Gasteiger partial charge in [-0.25, -0.2) is 0 Å². The van der Waals surface area contributed by atoms with E-state index >= 15 is 0 Å². The highest BCUT2D eigenvalue weighted by Gasteiger charge is 2.14. The van der Waals surface area contributed by atoms with E-state index in [1.807, 2.05) is 12.1 Å². The number of nitrogens with zero attached hydrogens (tertiary/aromatic N) is 2. The first kappa shape index (κ1) is 27.5. The summed E-state index contributed by atoms with van der Waals surface area (Å²) in [5, 5.41) is 6.91. The maximum absolute atomic E-state index is 6.37. The standard InChI is InChI=1S/C46H28N2O/c1-2-17-40-37(15-1)38-22-21-34(28-42(38)45-44(40)47-23-24-48-45)32-12-6-10-30(26-32)29-9-5-11-31(25-29)33-13-7-14-35(27-33)36-18-8-19-41-39-16-3-4-20-43(39)49-46(36)41/h1-28H. The van der Waals surface area contributed by atoms with Gasteiger partial charge in [0.1, 0.15) is 11.2 Å². The Morgan fingerprint density at radius 2 is 0.816 bits per heavy atom. The zero-order valence-corrected chi connectivity index (χ0v) is 26.5. The molecule has 0 fully saturated rings. The lowest BCUT2D eigenvalue weighted by molar-refractivity contribution is 0.670. The van der Waals surface area contributed by atoms with Gasteiger partial charge in [-0.05, 0) is 80.0 Å². The van der Waals surface area contributed by atoms with Crippen LogP contribution in [0.2, 0.25) is 0 Å². The Kier molecular flexibility index (Phi) is 6.18. The molecule has 0 aliphatic heterocycles. The third kappa shape index (κ3) is 4.51. The number of hydrogen-bond acceptors (Lipinski definition) is 3. The van der Waals surface area contributed by atoms with Gasteiger partial charge >= 0.3 is 0 Å². The predicted molar refractivity (Wildman–Crippen MR) is 204 cm³/mol. The molecule has 0 radical (unpaired) electrons. The first-order valence-corrected chi connectivity index (χ1v) is 16.6. The van der Waals surface area contributed by atoms with Crippen LogP contribution in [-0.2, 0) is 0 Å². The Morgan fingerprint density at radius 1 is 0.327 bits per heavy atom. The smallest absolute Gasteiger partial charge is 0.143 e. The number of fused-ring (bicyclic) bond motifs is 9. The van der Waals surface area contributed by atoms with E-state index in [-0.39, 0.29) is 0 Å². The van der Waals surface area contributed by atoms with Gasteiger partial charge in [0.15, 0.2) is 0 Å². The molecule has 0 unspecified atom stereocenters. The quantitative estimate of drug-likeness (QED) is 0.183. The lowest BCUT2D eigenvalue weighted by atomic mass is 9.93. The second kappa shape index (κ2) is 11.0. The van der Waals surface area contributed by atoms with E-state index in [1.165, 1.54) is 33.0 Å². The van der Waals surface area contributed by atoms with Gasteiger partial charge in [0, 0.05) is 39.5 Å². The van der Waals surface area contributed by atoms with Gasteiger partial charge in [-0.3, -0.25) is 9.97 Å². The summed E-state index contributed by atoms with van der Waals surface area (Å²) in [5.41, 5.74) is 12.9. The second-order valence-electron chi connectivity index (χ2n) is 12.6. The molecule has 0 aliphatic rings.